The van der Waals surface area contributed by atoms with Crippen LogP contribution in [-0.2, 0) is 4.74 Å². The van der Waals surface area contributed by atoms with Crippen molar-refractivity contribution in [2.24, 2.45) is 0 Å². The average molecular weight is 363 g/mol. The van der Waals surface area contributed by atoms with Crippen molar-refractivity contribution in [1.29, 1.82) is 0 Å². The monoisotopic (exact) mass is 363 g/mol. The van der Waals surface area contributed by atoms with Gasteiger partial charge in [0.15, 0.2) is 0 Å². The summed E-state index contributed by atoms with van der Waals surface area (Å²) in [6.07, 6.45) is 1.30. The summed E-state index contributed by atoms with van der Waals surface area (Å²) in [5.41, 5.74) is 0.869. The van der Waals surface area contributed by atoms with Crippen molar-refractivity contribution >= 4 is 17.6 Å². The largest absolute Gasteiger partial charge is 0.495 e. The van der Waals surface area contributed by atoms with Crippen LogP contribution >= 0.6 is 0 Å². The number of aliphatic hydroxyl groups excluding tert-OH is 1. The van der Waals surface area contributed by atoms with E-state index in [-0.39, 0.29) is 24.6 Å². The first-order valence-electron chi connectivity index (χ1n) is 8.85. The third-order valence-corrected chi connectivity index (χ3v) is 4.64. The fourth-order valence-electron chi connectivity index (χ4n) is 2.99. The predicted octanol–water partition coefficient (Wildman–Crippen LogP) is 1.20. The van der Waals surface area contributed by atoms with Crippen LogP contribution in [0.25, 0.3) is 0 Å². The number of hydrogen-bond donors (Lipinski definition) is 3. The maximum absolute atomic E-state index is 12.7. The number of aliphatic hydroxyl groups is 1. The molecule has 0 bridgehead atoms. The van der Waals surface area contributed by atoms with Gasteiger partial charge in [-0.25, -0.2) is 4.79 Å². The molecule has 1 aromatic carbocycles. The Balaban J connectivity index is 1.75. The summed E-state index contributed by atoms with van der Waals surface area (Å²) in [6, 6.07) is 4.40. The lowest BCUT2D eigenvalue weighted by atomic mass is 10.1. The van der Waals surface area contributed by atoms with Crippen molar-refractivity contribution in [3.05, 3.63) is 23.8 Å². The highest BCUT2D eigenvalue weighted by Gasteiger charge is 2.34. The van der Waals surface area contributed by atoms with Gasteiger partial charge in [-0.15, -0.1) is 0 Å². The summed E-state index contributed by atoms with van der Waals surface area (Å²) < 4.78 is 10.5. The third kappa shape index (κ3) is 4.08. The minimum atomic E-state index is -0.710. The van der Waals surface area contributed by atoms with E-state index in [4.69, 9.17) is 9.47 Å². The molecule has 1 saturated carbocycles. The Hall–Kier alpha value is -2.32. The maximum Gasteiger partial charge on any atom is 0.322 e. The highest BCUT2D eigenvalue weighted by Crippen LogP contribution is 2.27. The molecule has 0 radical (unpaired) electrons. The summed E-state index contributed by atoms with van der Waals surface area (Å²) in [6.45, 7) is 2.76. The van der Waals surface area contributed by atoms with Crippen molar-refractivity contribution in [3.63, 3.8) is 0 Å². The number of carbonyl (C=O) groups is 2. The molecule has 3 amide bonds. The van der Waals surface area contributed by atoms with E-state index in [0.29, 0.717) is 30.2 Å². The maximum atomic E-state index is 12.7. The summed E-state index contributed by atoms with van der Waals surface area (Å²) in [4.78, 5) is 26.5. The molecular weight excluding hydrogens is 338 g/mol. The molecule has 8 nitrogen and oxygen atoms in total. The van der Waals surface area contributed by atoms with E-state index in [2.05, 4.69) is 10.6 Å². The minimum absolute atomic E-state index is 0.169. The quantitative estimate of drug-likeness (QED) is 0.705. The first-order valence-corrected chi connectivity index (χ1v) is 8.85. The molecule has 142 valence electrons. The molecule has 1 saturated heterocycles. The van der Waals surface area contributed by atoms with Crippen molar-refractivity contribution in [1.82, 2.24) is 10.2 Å². The molecule has 8 heteroatoms. The molecule has 26 heavy (non-hydrogen) atoms. The second-order valence-corrected chi connectivity index (χ2v) is 6.55. The van der Waals surface area contributed by atoms with Gasteiger partial charge in [0, 0.05) is 18.2 Å². The lowest BCUT2D eigenvalue weighted by Crippen LogP contribution is -2.48. The molecule has 0 spiro atoms. The highest BCUT2D eigenvalue weighted by atomic mass is 16.5. The number of anilines is 1. The molecule has 0 unspecified atom stereocenters. The molecule has 1 aliphatic carbocycles. The molecular formula is C18H25N3O5. The fourth-order valence-corrected chi connectivity index (χ4v) is 2.99. The zero-order chi connectivity index (χ0) is 18.7. The van der Waals surface area contributed by atoms with Gasteiger partial charge < -0.3 is 30.1 Å². The highest BCUT2D eigenvalue weighted by molar-refractivity contribution is 5.98. The molecule has 3 rings (SSSR count). The predicted molar refractivity (Wildman–Crippen MR) is 95.5 cm³/mol. The molecule has 2 fully saturated rings. The van der Waals surface area contributed by atoms with Crippen LogP contribution in [-0.4, -0.2) is 67.0 Å². The Labute approximate surface area is 152 Å². The molecule has 3 N–H and O–H groups in total. The number of amides is 3. The van der Waals surface area contributed by atoms with E-state index in [9.17, 15) is 14.7 Å². The zero-order valence-electron chi connectivity index (χ0n) is 15.0. The normalized spacial score (nSPS) is 22.0. The van der Waals surface area contributed by atoms with Gasteiger partial charge in [0.05, 0.1) is 38.2 Å². The molecule has 2 atom stereocenters. The van der Waals surface area contributed by atoms with Gasteiger partial charge in [0.2, 0.25) is 0 Å². The van der Waals surface area contributed by atoms with Crippen LogP contribution in [0.5, 0.6) is 5.75 Å². The van der Waals surface area contributed by atoms with Crippen LogP contribution in [0.15, 0.2) is 18.2 Å². The van der Waals surface area contributed by atoms with Gasteiger partial charge in [0.25, 0.3) is 5.91 Å². The Morgan fingerprint density at radius 2 is 2.12 bits per heavy atom. The van der Waals surface area contributed by atoms with Crippen LogP contribution in [0.1, 0.15) is 30.1 Å². The summed E-state index contributed by atoms with van der Waals surface area (Å²) >= 11 is 0. The second kappa shape index (κ2) is 7.92. The Morgan fingerprint density at radius 1 is 1.35 bits per heavy atom. The first kappa shape index (κ1) is 18.5. The van der Waals surface area contributed by atoms with E-state index < -0.39 is 12.1 Å². The van der Waals surface area contributed by atoms with Crippen molar-refractivity contribution in [2.75, 3.05) is 32.2 Å². The van der Waals surface area contributed by atoms with Crippen LogP contribution in [0.2, 0.25) is 0 Å². The number of nitrogens with zero attached hydrogens (tertiary/aromatic N) is 1. The SMILES string of the molecule is CCN(C(=O)Nc1cc(C(=O)NC2CC2)ccc1OC)[C@@H]1COC[C@H]1O. The Morgan fingerprint density at radius 3 is 2.69 bits per heavy atom. The average Bonchev–Trinajstić information content (AvgIpc) is 3.35. The number of ether oxygens (including phenoxy) is 2. The molecule has 1 aromatic rings. The van der Waals surface area contributed by atoms with Crippen molar-refractivity contribution < 1.29 is 24.2 Å². The van der Waals surface area contributed by atoms with Gasteiger partial charge in [-0.1, -0.05) is 0 Å². The summed E-state index contributed by atoms with van der Waals surface area (Å²) in [5.74, 6) is 0.290. The number of methoxy groups -OCH3 is 1. The second-order valence-electron chi connectivity index (χ2n) is 6.55. The zero-order valence-corrected chi connectivity index (χ0v) is 15.0. The van der Waals surface area contributed by atoms with E-state index in [0.717, 1.165) is 12.8 Å². The van der Waals surface area contributed by atoms with Crippen LogP contribution < -0.4 is 15.4 Å². The Kier molecular flexibility index (Phi) is 5.63. The molecule has 1 heterocycles. The van der Waals surface area contributed by atoms with E-state index in [1.165, 1.54) is 12.0 Å². The number of urea groups is 1. The van der Waals surface area contributed by atoms with Gasteiger partial charge >= 0.3 is 6.03 Å². The number of nitrogens with one attached hydrogen (secondary N) is 2. The van der Waals surface area contributed by atoms with Crippen molar-refractivity contribution in [3.8, 4) is 5.75 Å². The Bertz CT molecular complexity index is 677. The molecule has 1 aliphatic heterocycles. The summed E-state index contributed by atoms with van der Waals surface area (Å²) in [7, 11) is 1.50. The lowest BCUT2D eigenvalue weighted by Gasteiger charge is -2.29. The topological polar surface area (TPSA) is 100 Å². The number of rotatable bonds is 6. The first-order chi connectivity index (χ1) is 12.5. The standard InChI is InChI=1S/C18H25N3O5/c1-3-21(14-9-26-10-15(14)22)18(24)20-13-8-11(4-7-16(13)25-2)17(23)19-12-5-6-12/h4,7-8,12,14-15,22H,3,5-6,9-10H2,1-2H3,(H,19,23)(H,20,24)/t14-,15-/m1/s1. The van der Waals surface area contributed by atoms with E-state index >= 15 is 0 Å². The minimum Gasteiger partial charge on any atom is -0.495 e. The smallest absolute Gasteiger partial charge is 0.322 e. The molecule has 2 aliphatic rings. The van der Waals surface area contributed by atoms with Gasteiger partial charge in [-0.3, -0.25) is 4.79 Å². The fraction of sp³-hybridized carbons (Fsp3) is 0.556. The van der Waals surface area contributed by atoms with Crippen LogP contribution in [0.3, 0.4) is 0 Å². The number of likely N-dealkylation sites (N-methyl/N-ethyl adjacent to an activating group) is 1. The van der Waals surface area contributed by atoms with Crippen molar-refractivity contribution in [2.45, 2.75) is 38.0 Å². The van der Waals surface area contributed by atoms with Crippen LogP contribution in [0.4, 0.5) is 10.5 Å². The summed E-state index contributed by atoms with van der Waals surface area (Å²) in [5, 5.41) is 15.7. The number of carbonyl (C=O) groups excluding carboxylic acids is 2. The number of hydrogen-bond acceptors (Lipinski definition) is 5. The van der Waals surface area contributed by atoms with E-state index in [1.807, 2.05) is 6.92 Å². The van der Waals surface area contributed by atoms with Gasteiger partial charge in [0.1, 0.15) is 5.75 Å². The molecule has 0 aromatic heterocycles. The number of benzene rings is 1. The van der Waals surface area contributed by atoms with E-state index in [1.54, 1.807) is 18.2 Å². The third-order valence-electron chi connectivity index (χ3n) is 4.64. The van der Waals surface area contributed by atoms with Gasteiger partial charge in [-0.2, -0.15) is 0 Å². The lowest BCUT2D eigenvalue weighted by molar-refractivity contribution is 0.0951. The van der Waals surface area contributed by atoms with Crippen LogP contribution in [0, 0.1) is 0 Å². The van der Waals surface area contributed by atoms with Gasteiger partial charge in [-0.05, 0) is 38.0 Å².